The molecule has 0 heterocycles. The van der Waals surface area contributed by atoms with Crippen molar-refractivity contribution in [3.63, 3.8) is 0 Å². The molecule has 0 aliphatic heterocycles. The lowest BCUT2D eigenvalue weighted by Gasteiger charge is -2.10. The summed E-state index contributed by atoms with van der Waals surface area (Å²) in [7, 11) is 1.66. The molecule has 1 N–H and O–H groups in total. The van der Waals surface area contributed by atoms with Gasteiger partial charge in [0.2, 0.25) is 0 Å². The van der Waals surface area contributed by atoms with E-state index in [4.69, 9.17) is 4.74 Å². The first kappa shape index (κ1) is 13.9. The van der Waals surface area contributed by atoms with Crippen LogP contribution < -0.4 is 10.1 Å². The molecule has 0 saturated heterocycles. The Labute approximate surface area is 120 Å². The molecule has 0 aliphatic carbocycles. The molecule has 4 heteroatoms. The second-order valence-corrected chi connectivity index (χ2v) is 5.14. The van der Waals surface area contributed by atoms with Crippen LogP contribution in [0.1, 0.15) is 11.1 Å². The topological polar surface area (TPSA) is 21.3 Å². The first-order valence-electron chi connectivity index (χ1n) is 5.92. The zero-order valence-corrected chi connectivity index (χ0v) is 12.4. The third-order valence-corrected chi connectivity index (χ3v) is 3.52. The van der Waals surface area contributed by atoms with Crippen LogP contribution in [0.3, 0.4) is 0 Å². The van der Waals surface area contributed by atoms with Crippen molar-refractivity contribution in [2.24, 2.45) is 0 Å². The van der Waals surface area contributed by atoms with Gasteiger partial charge < -0.3 is 10.1 Å². The highest BCUT2D eigenvalue weighted by molar-refractivity contribution is 9.10. The van der Waals surface area contributed by atoms with E-state index < -0.39 is 0 Å². The highest BCUT2D eigenvalue weighted by atomic mass is 79.9. The van der Waals surface area contributed by atoms with Crippen LogP contribution in [0, 0.1) is 12.7 Å². The van der Waals surface area contributed by atoms with E-state index in [1.54, 1.807) is 13.2 Å². The molecule has 100 valence electrons. The Hall–Kier alpha value is -1.55. The van der Waals surface area contributed by atoms with Gasteiger partial charge in [0.1, 0.15) is 11.6 Å². The summed E-state index contributed by atoms with van der Waals surface area (Å²) in [6.45, 7) is 2.65. The minimum atomic E-state index is -0.268. The van der Waals surface area contributed by atoms with Gasteiger partial charge in [0.05, 0.1) is 11.6 Å². The normalized spacial score (nSPS) is 10.3. The number of halogens is 2. The van der Waals surface area contributed by atoms with Crippen LogP contribution in [-0.2, 0) is 6.54 Å². The Morgan fingerprint density at radius 3 is 2.63 bits per heavy atom. The number of nitrogens with one attached hydrogen (secondary N) is 1. The third-order valence-electron chi connectivity index (χ3n) is 2.88. The average Bonchev–Trinajstić information content (AvgIpc) is 2.40. The second-order valence-electron chi connectivity index (χ2n) is 4.29. The van der Waals surface area contributed by atoms with Crippen LogP contribution in [-0.4, -0.2) is 7.11 Å². The molecule has 2 rings (SSSR count). The predicted octanol–water partition coefficient (Wildman–Crippen LogP) is 4.52. The molecular weight excluding hydrogens is 309 g/mol. The smallest absolute Gasteiger partial charge is 0.139 e. The van der Waals surface area contributed by atoms with Crippen molar-refractivity contribution in [2.75, 3.05) is 12.4 Å². The zero-order valence-electron chi connectivity index (χ0n) is 10.8. The number of hydrogen-bond donors (Lipinski definition) is 1. The lowest BCUT2D eigenvalue weighted by molar-refractivity contribution is 0.411. The van der Waals surface area contributed by atoms with E-state index in [1.807, 2.05) is 25.1 Å². The molecule has 0 spiro atoms. The summed E-state index contributed by atoms with van der Waals surface area (Å²) in [5.74, 6) is 0.606. The molecule has 19 heavy (non-hydrogen) atoms. The number of anilines is 1. The van der Waals surface area contributed by atoms with Crippen LogP contribution in [0.5, 0.6) is 5.75 Å². The van der Waals surface area contributed by atoms with E-state index in [9.17, 15) is 4.39 Å². The number of rotatable bonds is 4. The highest BCUT2D eigenvalue weighted by Crippen LogP contribution is 2.21. The Morgan fingerprint density at radius 2 is 2.00 bits per heavy atom. The molecule has 0 unspecified atom stereocenters. The van der Waals surface area contributed by atoms with Crippen molar-refractivity contribution in [1.82, 2.24) is 0 Å². The van der Waals surface area contributed by atoms with Gasteiger partial charge in [0.25, 0.3) is 0 Å². The lowest BCUT2D eigenvalue weighted by atomic mass is 10.1. The van der Waals surface area contributed by atoms with Crippen molar-refractivity contribution >= 4 is 21.6 Å². The van der Waals surface area contributed by atoms with E-state index in [-0.39, 0.29) is 5.82 Å². The quantitative estimate of drug-likeness (QED) is 0.893. The summed E-state index contributed by atoms with van der Waals surface area (Å²) in [6, 6.07) is 11.0. The Balaban J connectivity index is 2.05. The number of hydrogen-bond acceptors (Lipinski definition) is 2. The van der Waals surface area contributed by atoms with Gasteiger partial charge in [-0.1, -0.05) is 12.1 Å². The maximum Gasteiger partial charge on any atom is 0.139 e. The molecule has 2 aromatic rings. The molecule has 0 fully saturated rings. The molecule has 0 bridgehead atoms. The number of benzene rings is 2. The second kappa shape index (κ2) is 6.06. The van der Waals surface area contributed by atoms with E-state index in [0.717, 1.165) is 22.6 Å². The molecule has 0 saturated carbocycles. The van der Waals surface area contributed by atoms with Crippen molar-refractivity contribution in [3.05, 3.63) is 57.8 Å². The van der Waals surface area contributed by atoms with Crippen LogP contribution >= 0.6 is 15.9 Å². The fourth-order valence-electron chi connectivity index (χ4n) is 1.86. The first-order valence-corrected chi connectivity index (χ1v) is 6.72. The summed E-state index contributed by atoms with van der Waals surface area (Å²) in [6.07, 6.45) is 0. The van der Waals surface area contributed by atoms with Gasteiger partial charge in [-0.15, -0.1) is 0 Å². The van der Waals surface area contributed by atoms with Crippen LogP contribution in [0.2, 0.25) is 0 Å². The van der Waals surface area contributed by atoms with E-state index in [2.05, 4.69) is 27.3 Å². The lowest BCUT2D eigenvalue weighted by Crippen LogP contribution is -2.00. The monoisotopic (exact) mass is 323 g/mol. The molecule has 0 radical (unpaired) electrons. The summed E-state index contributed by atoms with van der Waals surface area (Å²) >= 11 is 3.13. The van der Waals surface area contributed by atoms with Gasteiger partial charge in [0, 0.05) is 12.2 Å². The van der Waals surface area contributed by atoms with Crippen molar-refractivity contribution in [3.8, 4) is 5.75 Å². The largest absolute Gasteiger partial charge is 0.496 e. The Bertz CT molecular complexity index is 586. The van der Waals surface area contributed by atoms with E-state index >= 15 is 0 Å². The number of ether oxygens (including phenoxy) is 1. The number of methoxy groups -OCH3 is 1. The van der Waals surface area contributed by atoms with E-state index in [0.29, 0.717) is 11.0 Å². The Morgan fingerprint density at radius 1 is 1.21 bits per heavy atom. The minimum absolute atomic E-state index is 0.268. The van der Waals surface area contributed by atoms with Crippen molar-refractivity contribution in [1.29, 1.82) is 0 Å². The minimum Gasteiger partial charge on any atom is -0.496 e. The predicted molar refractivity (Wildman–Crippen MR) is 79.2 cm³/mol. The highest BCUT2D eigenvalue weighted by Gasteiger charge is 2.02. The van der Waals surface area contributed by atoms with Gasteiger partial charge in [-0.05, 0) is 58.2 Å². The average molecular weight is 324 g/mol. The van der Waals surface area contributed by atoms with Crippen molar-refractivity contribution in [2.45, 2.75) is 13.5 Å². The van der Waals surface area contributed by atoms with Crippen LogP contribution in [0.25, 0.3) is 0 Å². The molecule has 0 atom stereocenters. The fraction of sp³-hybridized carbons (Fsp3) is 0.200. The van der Waals surface area contributed by atoms with Gasteiger partial charge in [-0.2, -0.15) is 0 Å². The molecule has 2 nitrogen and oxygen atoms in total. The maximum atomic E-state index is 13.4. The van der Waals surface area contributed by atoms with E-state index in [1.165, 1.54) is 6.07 Å². The Kier molecular flexibility index (Phi) is 4.43. The first-order chi connectivity index (χ1) is 9.10. The SMILES string of the molecule is COc1ccc(CNc2ccc(Br)c(F)c2)cc1C. The van der Waals surface area contributed by atoms with Crippen molar-refractivity contribution < 1.29 is 9.13 Å². The summed E-state index contributed by atoms with van der Waals surface area (Å²) in [5.41, 5.74) is 2.97. The van der Waals surface area contributed by atoms with Gasteiger partial charge in [-0.3, -0.25) is 0 Å². The van der Waals surface area contributed by atoms with Gasteiger partial charge >= 0.3 is 0 Å². The summed E-state index contributed by atoms with van der Waals surface area (Å²) < 4.78 is 19.1. The van der Waals surface area contributed by atoms with Crippen LogP contribution in [0.4, 0.5) is 10.1 Å². The third kappa shape index (κ3) is 3.47. The van der Waals surface area contributed by atoms with Gasteiger partial charge in [-0.25, -0.2) is 4.39 Å². The van der Waals surface area contributed by atoms with Crippen LogP contribution in [0.15, 0.2) is 40.9 Å². The standard InChI is InChI=1S/C15H15BrFNO/c1-10-7-11(3-6-15(10)19-2)9-18-12-4-5-13(16)14(17)8-12/h3-8,18H,9H2,1-2H3. The summed E-state index contributed by atoms with van der Waals surface area (Å²) in [4.78, 5) is 0. The maximum absolute atomic E-state index is 13.4. The molecule has 0 aromatic heterocycles. The molecule has 0 amide bonds. The molecule has 0 aliphatic rings. The summed E-state index contributed by atoms with van der Waals surface area (Å²) in [5, 5.41) is 3.19. The van der Waals surface area contributed by atoms with Gasteiger partial charge in [0.15, 0.2) is 0 Å². The fourth-order valence-corrected chi connectivity index (χ4v) is 2.11. The number of aryl methyl sites for hydroxylation is 1. The zero-order chi connectivity index (χ0) is 13.8. The molecule has 2 aromatic carbocycles. The molecular formula is C15H15BrFNO.